The van der Waals surface area contributed by atoms with Gasteiger partial charge in [-0.05, 0) is 13.8 Å². The van der Waals surface area contributed by atoms with Gasteiger partial charge < -0.3 is 10.4 Å². The number of hydrogen-bond donors (Lipinski definition) is 3. The van der Waals surface area contributed by atoms with Crippen LogP contribution in [0.1, 0.15) is 23.1 Å². The molecule has 1 rings (SSSR count). The summed E-state index contributed by atoms with van der Waals surface area (Å²) in [6, 6.07) is -1.15. The third-order valence-electron chi connectivity index (χ3n) is 2.03. The summed E-state index contributed by atoms with van der Waals surface area (Å²) in [4.78, 5) is 32.0. The first-order valence-electron chi connectivity index (χ1n) is 4.57. The number of amides is 1. The molecule has 1 atom stereocenters. The highest BCUT2D eigenvalue weighted by molar-refractivity contribution is 5.98. The fourth-order valence-corrected chi connectivity index (χ4v) is 1.13. The van der Waals surface area contributed by atoms with Gasteiger partial charge in [-0.2, -0.15) is 5.10 Å². The van der Waals surface area contributed by atoms with Crippen LogP contribution in [0.25, 0.3) is 0 Å². The summed E-state index contributed by atoms with van der Waals surface area (Å²) in [6.07, 6.45) is 0. The van der Waals surface area contributed by atoms with Crippen LogP contribution in [0, 0.1) is 17.0 Å². The molecule has 0 unspecified atom stereocenters. The van der Waals surface area contributed by atoms with Crippen LogP contribution in [0.5, 0.6) is 0 Å². The monoisotopic (exact) mass is 242 g/mol. The van der Waals surface area contributed by atoms with Gasteiger partial charge in [0.15, 0.2) is 0 Å². The van der Waals surface area contributed by atoms with Crippen molar-refractivity contribution in [2.45, 2.75) is 19.9 Å². The molecule has 0 aliphatic carbocycles. The van der Waals surface area contributed by atoms with Crippen molar-refractivity contribution in [3.8, 4) is 0 Å². The molecule has 17 heavy (non-hydrogen) atoms. The summed E-state index contributed by atoms with van der Waals surface area (Å²) in [7, 11) is 0. The lowest BCUT2D eigenvalue weighted by Crippen LogP contribution is -2.38. The molecule has 3 N–H and O–H groups in total. The Morgan fingerprint density at radius 2 is 2.18 bits per heavy atom. The normalized spacial score (nSPS) is 11.9. The molecule has 92 valence electrons. The number of carboxylic acid groups (broad SMARTS) is 1. The first kappa shape index (κ1) is 12.6. The van der Waals surface area contributed by atoms with Crippen LogP contribution in [0.4, 0.5) is 5.69 Å². The zero-order valence-electron chi connectivity index (χ0n) is 9.05. The highest BCUT2D eigenvalue weighted by atomic mass is 16.6. The van der Waals surface area contributed by atoms with Crippen LogP contribution in [0.15, 0.2) is 0 Å². The maximum Gasteiger partial charge on any atom is 0.325 e. The molecule has 0 aromatic carbocycles. The van der Waals surface area contributed by atoms with E-state index in [1.54, 1.807) is 0 Å². The lowest BCUT2D eigenvalue weighted by molar-refractivity contribution is -0.385. The second-order valence-corrected chi connectivity index (χ2v) is 3.34. The number of carbonyl (C=O) groups is 2. The van der Waals surface area contributed by atoms with Gasteiger partial charge in [-0.3, -0.25) is 24.8 Å². The van der Waals surface area contributed by atoms with Gasteiger partial charge in [-0.25, -0.2) is 0 Å². The zero-order chi connectivity index (χ0) is 13.2. The number of nitrogens with one attached hydrogen (secondary N) is 2. The topological polar surface area (TPSA) is 138 Å². The van der Waals surface area contributed by atoms with Crippen LogP contribution < -0.4 is 5.32 Å². The summed E-state index contributed by atoms with van der Waals surface area (Å²) in [5.41, 5.74) is -0.760. The third kappa shape index (κ3) is 2.56. The molecular formula is C8H10N4O5. The third-order valence-corrected chi connectivity index (χ3v) is 2.03. The molecule has 0 saturated carbocycles. The molecule has 0 radical (unpaired) electrons. The summed E-state index contributed by atoms with van der Waals surface area (Å²) in [6.45, 7) is 2.63. The number of aromatic nitrogens is 2. The van der Waals surface area contributed by atoms with Crippen LogP contribution in [-0.4, -0.2) is 38.1 Å². The van der Waals surface area contributed by atoms with Crippen molar-refractivity contribution in [2.24, 2.45) is 0 Å². The molecule has 1 aromatic rings. The van der Waals surface area contributed by atoms with E-state index in [1.165, 1.54) is 13.8 Å². The Bertz CT molecular complexity index is 480. The van der Waals surface area contributed by atoms with Crippen LogP contribution in [0.2, 0.25) is 0 Å². The average Bonchev–Trinajstić information content (AvgIpc) is 2.59. The number of rotatable bonds is 4. The van der Waals surface area contributed by atoms with Gasteiger partial charge in [0.25, 0.3) is 5.91 Å². The number of nitrogens with zero attached hydrogens (tertiary/aromatic N) is 2. The van der Waals surface area contributed by atoms with E-state index in [1.807, 2.05) is 0 Å². The number of aryl methyl sites for hydroxylation is 1. The van der Waals surface area contributed by atoms with Gasteiger partial charge in [-0.15, -0.1) is 0 Å². The smallest absolute Gasteiger partial charge is 0.325 e. The minimum Gasteiger partial charge on any atom is -0.480 e. The lowest BCUT2D eigenvalue weighted by Gasteiger charge is -2.06. The van der Waals surface area contributed by atoms with E-state index >= 15 is 0 Å². The molecule has 1 amide bonds. The highest BCUT2D eigenvalue weighted by Crippen LogP contribution is 2.19. The number of aliphatic carboxylic acids is 1. The number of carboxylic acids is 1. The largest absolute Gasteiger partial charge is 0.480 e. The number of H-pyrrole nitrogens is 1. The molecule has 9 heteroatoms. The Morgan fingerprint density at radius 1 is 1.59 bits per heavy atom. The molecule has 1 aromatic heterocycles. The van der Waals surface area contributed by atoms with Crippen molar-refractivity contribution in [3.63, 3.8) is 0 Å². The quantitative estimate of drug-likeness (QED) is 0.494. The predicted octanol–water partition coefficient (Wildman–Crippen LogP) is -0.171. The van der Waals surface area contributed by atoms with Gasteiger partial charge in [0, 0.05) is 0 Å². The van der Waals surface area contributed by atoms with E-state index in [9.17, 15) is 19.7 Å². The fraction of sp³-hybridized carbons (Fsp3) is 0.375. The Hall–Kier alpha value is -2.45. The van der Waals surface area contributed by atoms with Crippen molar-refractivity contribution < 1.29 is 19.6 Å². The van der Waals surface area contributed by atoms with Gasteiger partial charge >= 0.3 is 11.7 Å². The van der Waals surface area contributed by atoms with Crippen LogP contribution >= 0.6 is 0 Å². The van der Waals surface area contributed by atoms with E-state index in [-0.39, 0.29) is 5.69 Å². The molecule has 0 aliphatic heterocycles. The van der Waals surface area contributed by atoms with E-state index in [0.29, 0.717) is 0 Å². The maximum absolute atomic E-state index is 11.5. The van der Waals surface area contributed by atoms with Gasteiger partial charge in [0.2, 0.25) is 5.69 Å². The molecule has 0 bridgehead atoms. The molecule has 0 saturated heterocycles. The van der Waals surface area contributed by atoms with E-state index in [2.05, 4.69) is 15.5 Å². The fourth-order valence-electron chi connectivity index (χ4n) is 1.13. The summed E-state index contributed by atoms with van der Waals surface area (Å²) in [5.74, 6) is -2.15. The average molecular weight is 242 g/mol. The van der Waals surface area contributed by atoms with E-state index in [0.717, 1.165) is 0 Å². The zero-order valence-corrected chi connectivity index (χ0v) is 9.05. The van der Waals surface area contributed by atoms with Crippen molar-refractivity contribution in [2.75, 3.05) is 0 Å². The molecule has 1 heterocycles. The van der Waals surface area contributed by atoms with Crippen molar-refractivity contribution in [3.05, 3.63) is 21.5 Å². The summed E-state index contributed by atoms with van der Waals surface area (Å²) < 4.78 is 0. The second-order valence-electron chi connectivity index (χ2n) is 3.34. The van der Waals surface area contributed by atoms with E-state index in [4.69, 9.17) is 5.11 Å². The van der Waals surface area contributed by atoms with E-state index < -0.39 is 34.2 Å². The highest BCUT2D eigenvalue weighted by Gasteiger charge is 2.28. The first-order chi connectivity index (χ1) is 7.84. The minimum absolute atomic E-state index is 0.128. The Balaban J connectivity index is 2.97. The maximum atomic E-state index is 11.5. The molecule has 0 aliphatic rings. The van der Waals surface area contributed by atoms with Gasteiger partial charge in [0.05, 0.1) is 4.92 Å². The number of nitro groups is 1. The molecule has 9 nitrogen and oxygen atoms in total. The number of aromatic amines is 1. The van der Waals surface area contributed by atoms with Crippen molar-refractivity contribution >= 4 is 17.6 Å². The number of hydrogen-bond acceptors (Lipinski definition) is 5. The minimum atomic E-state index is -1.24. The summed E-state index contributed by atoms with van der Waals surface area (Å²) >= 11 is 0. The number of carbonyl (C=O) groups excluding carboxylic acids is 1. The molecular weight excluding hydrogens is 232 g/mol. The Morgan fingerprint density at radius 3 is 2.65 bits per heavy atom. The van der Waals surface area contributed by atoms with Crippen LogP contribution in [0.3, 0.4) is 0 Å². The predicted molar refractivity (Wildman–Crippen MR) is 54.5 cm³/mol. The van der Waals surface area contributed by atoms with Crippen molar-refractivity contribution in [1.29, 1.82) is 0 Å². The van der Waals surface area contributed by atoms with Crippen molar-refractivity contribution in [1.82, 2.24) is 15.5 Å². The Kier molecular flexibility index (Phi) is 3.41. The van der Waals surface area contributed by atoms with Crippen LogP contribution in [-0.2, 0) is 4.79 Å². The standard InChI is InChI=1S/C8H10N4O5/c1-3-6(12(16)17)5(11-10-3)7(13)9-4(2)8(14)15/h4H,1-2H3,(H,9,13)(H,10,11)(H,14,15)/t4-/m0/s1. The molecule has 0 fully saturated rings. The second kappa shape index (κ2) is 4.60. The Labute approximate surface area is 95.0 Å². The lowest BCUT2D eigenvalue weighted by atomic mass is 10.2. The first-order valence-corrected chi connectivity index (χ1v) is 4.57. The van der Waals surface area contributed by atoms with Gasteiger partial charge in [-0.1, -0.05) is 0 Å². The molecule has 0 spiro atoms. The SMILES string of the molecule is Cc1[nH]nc(C(=O)N[C@@H](C)C(=O)O)c1[N+](=O)[O-]. The van der Waals surface area contributed by atoms with Gasteiger partial charge in [0.1, 0.15) is 11.7 Å². The summed E-state index contributed by atoms with van der Waals surface area (Å²) in [5, 5.41) is 27.1.